The number of amides is 1. The van der Waals surface area contributed by atoms with Crippen LogP contribution in [0.15, 0.2) is 29.4 Å². The molecule has 1 aromatic carbocycles. The Morgan fingerprint density at radius 3 is 2.71 bits per heavy atom. The van der Waals surface area contributed by atoms with Crippen LogP contribution in [-0.4, -0.2) is 19.2 Å². The Kier molecular flexibility index (Phi) is 4.26. The summed E-state index contributed by atoms with van der Waals surface area (Å²) in [6, 6.07) is 6.93. The van der Waals surface area contributed by atoms with E-state index in [1.165, 1.54) is 0 Å². The molecule has 1 amide bonds. The van der Waals surface area contributed by atoms with Gasteiger partial charge in [-0.1, -0.05) is 26.8 Å². The van der Waals surface area contributed by atoms with Gasteiger partial charge in [0.2, 0.25) is 0 Å². The van der Waals surface area contributed by atoms with Gasteiger partial charge in [-0.2, -0.15) is 5.10 Å². The molecule has 4 nitrogen and oxygen atoms in total. The standard InChI is InChI=1S/C13H18N2O2/c1-13(2,3)9-14-15-12(16)10-6-5-7-11(8-10)17-4/h5-9H,1-4H3,(H,15,16)/b14-9-. The summed E-state index contributed by atoms with van der Waals surface area (Å²) in [5.74, 6) is 0.404. The van der Waals surface area contributed by atoms with Gasteiger partial charge < -0.3 is 4.74 Å². The van der Waals surface area contributed by atoms with Crippen LogP contribution < -0.4 is 10.2 Å². The Morgan fingerprint density at radius 2 is 2.12 bits per heavy atom. The molecule has 4 heteroatoms. The van der Waals surface area contributed by atoms with Crippen LogP contribution in [0.3, 0.4) is 0 Å². The molecule has 0 atom stereocenters. The van der Waals surface area contributed by atoms with Gasteiger partial charge in [0.05, 0.1) is 7.11 Å². The van der Waals surface area contributed by atoms with Crippen LogP contribution in [0.4, 0.5) is 0 Å². The number of ether oxygens (including phenoxy) is 1. The van der Waals surface area contributed by atoms with Gasteiger partial charge in [0, 0.05) is 11.8 Å². The molecule has 92 valence electrons. The second-order valence-electron chi connectivity index (χ2n) is 4.80. The van der Waals surface area contributed by atoms with Crippen molar-refractivity contribution in [3.63, 3.8) is 0 Å². The summed E-state index contributed by atoms with van der Waals surface area (Å²) in [6.07, 6.45) is 1.70. The predicted octanol–water partition coefficient (Wildman–Crippen LogP) is 2.46. The molecular weight excluding hydrogens is 216 g/mol. The van der Waals surface area contributed by atoms with Gasteiger partial charge in [-0.25, -0.2) is 5.43 Å². The van der Waals surface area contributed by atoms with E-state index in [0.717, 1.165) is 0 Å². The Balaban J connectivity index is 2.67. The van der Waals surface area contributed by atoms with Crippen molar-refractivity contribution >= 4 is 12.1 Å². The lowest BCUT2D eigenvalue weighted by Crippen LogP contribution is -2.19. The number of benzene rings is 1. The summed E-state index contributed by atoms with van der Waals surface area (Å²) in [5, 5.41) is 3.91. The van der Waals surface area contributed by atoms with E-state index in [-0.39, 0.29) is 11.3 Å². The van der Waals surface area contributed by atoms with Crippen LogP contribution >= 0.6 is 0 Å². The second-order valence-corrected chi connectivity index (χ2v) is 4.80. The van der Waals surface area contributed by atoms with Gasteiger partial charge in [0.15, 0.2) is 0 Å². The van der Waals surface area contributed by atoms with Crippen molar-refractivity contribution in [2.24, 2.45) is 10.5 Å². The van der Waals surface area contributed by atoms with E-state index in [1.807, 2.05) is 20.8 Å². The molecule has 0 unspecified atom stereocenters. The number of hydrazone groups is 1. The van der Waals surface area contributed by atoms with Crippen LogP contribution in [-0.2, 0) is 0 Å². The number of carbonyl (C=O) groups excluding carboxylic acids is 1. The number of hydrogen-bond donors (Lipinski definition) is 1. The van der Waals surface area contributed by atoms with E-state index in [4.69, 9.17) is 4.74 Å². The monoisotopic (exact) mass is 234 g/mol. The lowest BCUT2D eigenvalue weighted by molar-refractivity contribution is 0.0954. The molecule has 0 aliphatic rings. The first-order valence-electron chi connectivity index (χ1n) is 5.41. The van der Waals surface area contributed by atoms with Crippen LogP contribution in [0.5, 0.6) is 5.75 Å². The van der Waals surface area contributed by atoms with Crippen molar-refractivity contribution in [3.8, 4) is 5.75 Å². The van der Waals surface area contributed by atoms with Gasteiger partial charge in [-0.05, 0) is 23.6 Å². The molecule has 17 heavy (non-hydrogen) atoms. The minimum absolute atomic E-state index is 0.0539. The Morgan fingerprint density at radius 1 is 1.41 bits per heavy atom. The first kappa shape index (κ1) is 13.2. The van der Waals surface area contributed by atoms with Crippen molar-refractivity contribution in [1.82, 2.24) is 5.43 Å². The van der Waals surface area contributed by atoms with E-state index >= 15 is 0 Å². The number of carbonyl (C=O) groups is 1. The summed E-state index contributed by atoms with van der Waals surface area (Å²) in [4.78, 5) is 11.7. The van der Waals surface area contributed by atoms with Crippen molar-refractivity contribution in [1.29, 1.82) is 0 Å². The smallest absolute Gasteiger partial charge is 0.271 e. The molecule has 0 aliphatic carbocycles. The molecule has 0 saturated carbocycles. The summed E-state index contributed by atoms with van der Waals surface area (Å²) in [5.41, 5.74) is 2.95. The van der Waals surface area contributed by atoms with Gasteiger partial charge in [-0.15, -0.1) is 0 Å². The molecule has 0 bridgehead atoms. The zero-order valence-corrected chi connectivity index (χ0v) is 10.7. The predicted molar refractivity (Wildman–Crippen MR) is 68.4 cm³/mol. The molecule has 0 radical (unpaired) electrons. The maximum absolute atomic E-state index is 11.7. The molecule has 0 aromatic heterocycles. The van der Waals surface area contributed by atoms with E-state index in [9.17, 15) is 4.79 Å². The summed E-state index contributed by atoms with van der Waals surface area (Å²) >= 11 is 0. The third kappa shape index (κ3) is 4.68. The maximum atomic E-state index is 11.7. The van der Waals surface area contributed by atoms with Crippen LogP contribution in [0, 0.1) is 5.41 Å². The molecule has 1 rings (SSSR count). The Bertz CT molecular complexity index is 420. The van der Waals surface area contributed by atoms with Crippen LogP contribution in [0.2, 0.25) is 0 Å². The fourth-order valence-corrected chi connectivity index (χ4v) is 1.11. The highest BCUT2D eigenvalue weighted by molar-refractivity contribution is 5.94. The topological polar surface area (TPSA) is 50.7 Å². The average molecular weight is 234 g/mol. The zero-order valence-electron chi connectivity index (χ0n) is 10.7. The minimum atomic E-state index is -0.246. The maximum Gasteiger partial charge on any atom is 0.271 e. The van der Waals surface area contributed by atoms with Gasteiger partial charge in [0.1, 0.15) is 5.75 Å². The molecular formula is C13H18N2O2. The average Bonchev–Trinajstić information content (AvgIpc) is 2.27. The van der Waals surface area contributed by atoms with Crippen LogP contribution in [0.25, 0.3) is 0 Å². The fraction of sp³-hybridized carbons (Fsp3) is 0.385. The molecule has 0 heterocycles. The number of nitrogens with zero attached hydrogens (tertiary/aromatic N) is 1. The highest BCUT2D eigenvalue weighted by Crippen LogP contribution is 2.12. The Labute approximate surface area is 102 Å². The van der Waals surface area contributed by atoms with Gasteiger partial charge in [0.25, 0.3) is 5.91 Å². The quantitative estimate of drug-likeness (QED) is 0.645. The number of rotatable bonds is 3. The summed E-state index contributed by atoms with van der Waals surface area (Å²) in [7, 11) is 1.56. The minimum Gasteiger partial charge on any atom is -0.497 e. The first-order chi connectivity index (χ1) is 7.92. The van der Waals surface area contributed by atoms with Crippen molar-refractivity contribution < 1.29 is 9.53 Å². The second kappa shape index (κ2) is 5.48. The third-order valence-corrected chi connectivity index (χ3v) is 1.95. The van der Waals surface area contributed by atoms with Crippen LogP contribution in [0.1, 0.15) is 31.1 Å². The molecule has 0 aliphatic heterocycles. The molecule has 0 saturated heterocycles. The highest BCUT2D eigenvalue weighted by atomic mass is 16.5. The zero-order chi connectivity index (χ0) is 12.9. The fourth-order valence-electron chi connectivity index (χ4n) is 1.11. The van der Waals surface area contributed by atoms with Gasteiger partial charge >= 0.3 is 0 Å². The lowest BCUT2D eigenvalue weighted by Gasteiger charge is -2.09. The van der Waals surface area contributed by atoms with E-state index < -0.39 is 0 Å². The van der Waals surface area contributed by atoms with Crippen molar-refractivity contribution in [3.05, 3.63) is 29.8 Å². The lowest BCUT2D eigenvalue weighted by atomic mass is 9.99. The largest absolute Gasteiger partial charge is 0.497 e. The molecule has 0 fully saturated rings. The van der Waals surface area contributed by atoms with E-state index in [0.29, 0.717) is 11.3 Å². The van der Waals surface area contributed by atoms with Crippen molar-refractivity contribution in [2.45, 2.75) is 20.8 Å². The molecule has 1 N–H and O–H groups in total. The number of hydrogen-bond acceptors (Lipinski definition) is 3. The summed E-state index contributed by atoms with van der Waals surface area (Å²) in [6.45, 7) is 6.02. The number of nitrogens with one attached hydrogen (secondary N) is 1. The van der Waals surface area contributed by atoms with Gasteiger partial charge in [-0.3, -0.25) is 4.79 Å². The number of methoxy groups -OCH3 is 1. The highest BCUT2D eigenvalue weighted by Gasteiger charge is 2.07. The van der Waals surface area contributed by atoms with E-state index in [1.54, 1.807) is 37.6 Å². The normalized spacial score (nSPS) is 11.5. The molecule has 0 spiro atoms. The Hall–Kier alpha value is -1.84. The third-order valence-electron chi connectivity index (χ3n) is 1.95. The van der Waals surface area contributed by atoms with Crippen molar-refractivity contribution in [2.75, 3.05) is 7.11 Å². The SMILES string of the molecule is COc1cccc(C(=O)N/N=C\C(C)(C)C)c1. The summed E-state index contributed by atoms with van der Waals surface area (Å²) < 4.78 is 5.05. The first-order valence-corrected chi connectivity index (χ1v) is 5.41. The van der Waals surface area contributed by atoms with E-state index in [2.05, 4.69) is 10.5 Å². The molecule has 1 aromatic rings.